The van der Waals surface area contributed by atoms with Crippen molar-refractivity contribution in [2.45, 2.75) is 13.5 Å². The van der Waals surface area contributed by atoms with Crippen molar-refractivity contribution in [2.24, 2.45) is 5.10 Å². The maximum absolute atomic E-state index is 12.1. The number of carbonyl (C=O) groups excluding carboxylic acids is 1. The van der Waals surface area contributed by atoms with Gasteiger partial charge in [0.15, 0.2) is 11.5 Å². The van der Waals surface area contributed by atoms with Crippen molar-refractivity contribution in [2.75, 3.05) is 7.11 Å². The van der Waals surface area contributed by atoms with Crippen LogP contribution in [-0.2, 0) is 6.61 Å². The fourth-order valence-corrected chi connectivity index (χ4v) is 3.65. The Morgan fingerprint density at radius 1 is 1.17 bits per heavy atom. The predicted molar refractivity (Wildman–Crippen MR) is 128 cm³/mol. The highest BCUT2D eigenvalue weighted by Crippen LogP contribution is 2.34. The van der Waals surface area contributed by atoms with E-state index in [1.54, 1.807) is 37.6 Å². The molecule has 0 radical (unpaired) electrons. The van der Waals surface area contributed by atoms with Gasteiger partial charge < -0.3 is 9.47 Å². The second-order valence-electron chi connectivity index (χ2n) is 6.52. The third kappa shape index (κ3) is 5.96. The van der Waals surface area contributed by atoms with Gasteiger partial charge in [-0.3, -0.25) is 4.79 Å². The topological polar surface area (TPSA) is 59.9 Å². The molecule has 0 bridgehead atoms. The third-order valence-corrected chi connectivity index (χ3v) is 5.26. The lowest BCUT2D eigenvalue weighted by Gasteiger charge is -2.14. The van der Waals surface area contributed by atoms with Crippen LogP contribution in [0.15, 0.2) is 65.8 Å². The standard InChI is InChI=1S/C23H20ClIN2O3/c1-15-4-3-5-16(10-15)14-30-22-20(25)11-17(12-21(22)29-2)13-26-27-23(28)18-6-8-19(24)9-7-18/h3-13H,14H2,1-2H3,(H,27,28)/b26-13-. The van der Waals surface area contributed by atoms with Gasteiger partial charge in [-0.05, 0) is 77.0 Å². The molecule has 0 aliphatic carbocycles. The van der Waals surface area contributed by atoms with Gasteiger partial charge in [0.2, 0.25) is 0 Å². The van der Waals surface area contributed by atoms with E-state index in [1.165, 1.54) is 5.56 Å². The molecular weight excluding hydrogens is 515 g/mol. The fourth-order valence-electron chi connectivity index (χ4n) is 2.74. The Balaban J connectivity index is 1.69. The molecule has 7 heteroatoms. The maximum atomic E-state index is 12.1. The zero-order valence-corrected chi connectivity index (χ0v) is 19.4. The summed E-state index contributed by atoms with van der Waals surface area (Å²) in [7, 11) is 1.59. The molecule has 0 spiro atoms. The number of carbonyl (C=O) groups is 1. The lowest BCUT2D eigenvalue weighted by Crippen LogP contribution is -2.17. The third-order valence-electron chi connectivity index (χ3n) is 4.20. The summed E-state index contributed by atoms with van der Waals surface area (Å²) in [5.74, 6) is 0.949. The molecule has 30 heavy (non-hydrogen) atoms. The second-order valence-corrected chi connectivity index (χ2v) is 8.12. The number of ether oxygens (including phenoxy) is 2. The number of hydrogen-bond acceptors (Lipinski definition) is 4. The lowest BCUT2D eigenvalue weighted by atomic mass is 10.1. The molecule has 1 amide bonds. The number of hydrogen-bond donors (Lipinski definition) is 1. The van der Waals surface area contributed by atoms with Crippen LogP contribution in [0.5, 0.6) is 11.5 Å². The van der Waals surface area contributed by atoms with Gasteiger partial charge in [0.1, 0.15) is 6.61 Å². The van der Waals surface area contributed by atoms with Crippen LogP contribution in [0.25, 0.3) is 0 Å². The highest BCUT2D eigenvalue weighted by molar-refractivity contribution is 14.1. The van der Waals surface area contributed by atoms with Crippen molar-refractivity contribution >= 4 is 46.3 Å². The molecule has 0 fully saturated rings. The monoisotopic (exact) mass is 534 g/mol. The Morgan fingerprint density at radius 2 is 1.93 bits per heavy atom. The van der Waals surface area contributed by atoms with E-state index >= 15 is 0 Å². The Morgan fingerprint density at radius 3 is 2.63 bits per heavy atom. The first-order chi connectivity index (χ1) is 14.5. The molecule has 5 nitrogen and oxygen atoms in total. The van der Waals surface area contributed by atoms with E-state index in [4.69, 9.17) is 21.1 Å². The average Bonchev–Trinajstić information content (AvgIpc) is 2.73. The van der Waals surface area contributed by atoms with Gasteiger partial charge in [-0.15, -0.1) is 0 Å². The Bertz CT molecular complexity index is 1070. The van der Waals surface area contributed by atoms with Crippen LogP contribution in [0.1, 0.15) is 27.0 Å². The zero-order chi connectivity index (χ0) is 21.5. The number of aryl methyl sites for hydroxylation is 1. The highest BCUT2D eigenvalue weighted by atomic mass is 127. The van der Waals surface area contributed by atoms with Gasteiger partial charge in [-0.25, -0.2) is 5.43 Å². The van der Waals surface area contributed by atoms with E-state index in [0.29, 0.717) is 28.7 Å². The minimum atomic E-state index is -0.317. The molecule has 0 aliphatic heterocycles. The van der Waals surface area contributed by atoms with Crippen molar-refractivity contribution < 1.29 is 14.3 Å². The number of methoxy groups -OCH3 is 1. The van der Waals surface area contributed by atoms with E-state index in [1.807, 2.05) is 37.3 Å². The zero-order valence-electron chi connectivity index (χ0n) is 16.5. The molecule has 3 rings (SSSR count). The molecule has 0 saturated heterocycles. The summed E-state index contributed by atoms with van der Waals surface area (Å²) in [5.41, 5.74) is 6.02. The normalized spacial score (nSPS) is 10.8. The predicted octanol–water partition coefficient (Wildman–Crippen LogP) is 5.60. The van der Waals surface area contributed by atoms with Crippen LogP contribution in [0.4, 0.5) is 0 Å². The summed E-state index contributed by atoms with van der Waals surface area (Å²) >= 11 is 8.03. The van der Waals surface area contributed by atoms with Gasteiger partial charge in [-0.1, -0.05) is 41.4 Å². The van der Waals surface area contributed by atoms with Gasteiger partial charge >= 0.3 is 0 Å². The molecule has 0 unspecified atom stereocenters. The molecule has 0 aromatic heterocycles. The van der Waals surface area contributed by atoms with E-state index in [9.17, 15) is 4.79 Å². The molecule has 3 aromatic carbocycles. The highest BCUT2D eigenvalue weighted by Gasteiger charge is 2.12. The van der Waals surface area contributed by atoms with E-state index in [0.717, 1.165) is 14.7 Å². The summed E-state index contributed by atoms with van der Waals surface area (Å²) in [6, 6.07) is 18.5. The number of hydrazone groups is 1. The summed E-state index contributed by atoms with van der Waals surface area (Å²) in [6.45, 7) is 2.49. The first-order valence-corrected chi connectivity index (χ1v) is 10.6. The van der Waals surface area contributed by atoms with Gasteiger partial charge in [0, 0.05) is 10.6 Å². The van der Waals surface area contributed by atoms with Gasteiger partial charge in [-0.2, -0.15) is 5.10 Å². The van der Waals surface area contributed by atoms with Crippen LogP contribution in [0.2, 0.25) is 5.02 Å². The molecule has 3 aromatic rings. The molecule has 154 valence electrons. The van der Waals surface area contributed by atoms with Crippen LogP contribution >= 0.6 is 34.2 Å². The SMILES string of the molecule is COc1cc(/C=N\NC(=O)c2ccc(Cl)cc2)cc(I)c1OCc1cccc(C)c1. The van der Waals surface area contributed by atoms with Crippen molar-refractivity contribution in [1.29, 1.82) is 0 Å². The summed E-state index contributed by atoms with van der Waals surface area (Å²) in [6.07, 6.45) is 1.56. The Hall–Kier alpha value is -2.58. The second kappa shape index (κ2) is 10.4. The average molecular weight is 535 g/mol. The molecule has 0 atom stereocenters. The smallest absolute Gasteiger partial charge is 0.271 e. The van der Waals surface area contributed by atoms with Gasteiger partial charge in [0.05, 0.1) is 16.9 Å². The van der Waals surface area contributed by atoms with E-state index < -0.39 is 0 Å². The fraction of sp³-hybridized carbons (Fsp3) is 0.130. The van der Waals surface area contributed by atoms with Crippen molar-refractivity contribution in [1.82, 2.24) is 5.43 Å². The maximum Gasteiger partial charge on any atom is 0.271 e. The first-order valence-electron chi connectivity index (χ1n) is 9.11. The van der Waals surface area contributed by atoms with Crippen LogP contribution < -0.4 is 14.9 Å². The molecule has 1 N–H and O–H groups in total. The number of rotatable bonds is 7. The number of amides is 1. The van der Waals surface area contributed by atoms with E-state index in [2.05, 4.69) is 39.2 Å². The van der Waals surface area contributed by atoms with Crippen LogP contribution in [-0.4, -0.2) is 19.2 Å². The van der Waals surface area contributed by atoms with E-state index in [-0.39, 0.29) is 5.91 Å². The summed E-state index contributed by atoms with van der Waals surface area (Å²) < 4.78 is 12.4. The summed E-state index contributed by atoms with van der Waals surface area (Å²) in [5, 5.41) is 4.60. The molecule has 0 heterocycles. The number of nitrogens with one attached hydrogen (secondary N) is 1. The Labute approximate surface area is 194 Å². The van der Waals surface area contributed by atoms with Crippen LogP contribution in [0.3, 0.4) is 0 Å². The summed E-state index contributed by atoms with van der Waals surface area (Å²) in [4.78, 5) is 12.1. The molecular formula is C23H20ClIN2O3. The number of benzene rings is 3. The van der Waals surface area contributed by atoms with Crippen LogP contribution in [0, 0.1) is 10.5 Å². The van der Waals surface area contributed by atoms with Crippen molar-refractivity contribution in [3.8, 4) is 11.5 Å². The Kier molecular flexibility index (Phi) is 7.70. The lowest BCUT2D eigenvalue weighted by molar-refractivity contribution is 0.0955. The largest absolute Gasteiger partial charge is 0.493 e. The first kappa shape index (κ1) is 22.1. The van der Waals surface area contributed by atoms with Crippen molar-refractivity contribution in [3.05, 3.63) is 91.5 Å². The molecule has 0 saturated carbocycles. The number of halogens is 2. The quantitative estimate of drug-likeness (QED) is 0.244. The minimum Gasteiger partial charge on any atom is -0.493 e. The van der Waals surface area contributed by atoms with Crippen molar-refractivity contribution in [3.63, 3.8) is 0 Å². The number of nitrogens with zero attached hydrogens (tertiary/aromatic N) is 1. The molecule has 0 aliphatic rings. The van der Waals surface area contributed by atoms with Gasteiger partial charge in [0.25, 0.3) is 5.91 Å². The minimum absolute atomic E-state index is 0.317.